The zero-order valence-corrected chi connectivity index (χ0v) is 15.4. The summed E-state index contributed by atoms with van der Waals surface area (Å²) in [6.45, 7) is 0.619. The van der Waals surface area contributed by atoms with E-state index in [1.807, 2.05) is 18.2 Å². The molecule has 1 aromatic carbocycles. The van der Waals surface area contributed by atoms with E-state index in [1.54, 1.807) is 5.38 Å². The van der Waals surface area contributed by atoms with Crippen molar-refractivity contribution in [2.45, 2.75) is 19.3 Å². The Hall–Kier alpha value is -3.13. The quantitative estimate of drug-likeness (QED) is 0.584. The highest BCUT2D eigenvalue weighted by Gasteiger charge is 2.12. The van der Waals surface area contributed by atoms with E-state index < -0.39 is 0 Å². The van der Waals surface area contributed by atoms with Gasteiger partial charge in [-0.1, -0.05) is 30.3 Å². The fraction of sp³-hybridized carbons (Fsp3) is 0.211. The minimum absolute atomic E-state index is 0.0832. The lowest BCUT2D eigenvalue weighted by atomic mass is 10.1. The van der Waals surface area contributed by atoms with E-state index in [9.17, 15) is 9.59 Å². The van der Waals surface area contributed by atoms with E-state index >= 15 is 0 Å². The third-order valence-electron chi connectivity index (χ3n) is 3.72. The fourth-order valence-electron chi connectivity index (χ4n) is 2.42. The van der Waals surface area contributed by atoms with E-state index in [0.29, 0.717) is 17.4 Å². The lowest BCUT2D eigenvalue weighted by Crippen LogP contribution is -2.26. The van der Waals surface area contributed by atoms with Gasteiger partial charge in [-0.3, -0.25) is 19.9 Å². The minimum Gasteiger partial charge on any atom is -0.356 e. The summed E-state index contributed by atoms with van der Waals surface area (Å²) < 4.78 is 0. The molecular weight excluding hydrogens is 362 g/mol. The van der Waals surface area contributed by atoms with Crippen LogP contribution in [0.3, 0.4) is 0 Å². The van der Waals surface area contributed by atoms with Crippen LogP contribution in [0.1, 0.15) is 28.2 Å². The molecule has 0 aliphatic carbocycles. The normalized spacial score (nSPS) is 10.4. The van der Waals surface area contributed by atoms with E-state index in [4.69, 9.17) is 0 Å². The first-order valence-electron chi connectivity index (χ1n) is 8.53. The molecule has 2 aromatic heterocycles. The lowest BCUT2D eigenvalue weighted by Gasteiger charge is -2.04. The summed E-state index contributed by atoms with van der Waals surface area (Å²) >= 11 is 1.27. The predicted molar refractivity (Wildman–Crippen MR) is 104 cm³/mol. The van der Waals surface area contributed by atoms with Gasteiger partial charge in [0.1, 0.15) is 5.69 Å². The second-order valence-corrected chi connectivity index (χ2v) is 6.66. The van der Waals surface area contributed by atoms with Crippen LogP contribution in [0, 0.1) is 0 Å². The maximum atomic E-state index is 12.0. The van der Waals surface area contributed by atoms with Gasteiger partial charge in [0.15, 0.2) is 5.13 Å². The Morgan fingerprint density at radius 3 is 2.74 bits per heavy atom. The number of hydrogen-bond donors (Lipinski definition) is 2. The van der Waals surface area contributed by atoms with Crippen LogP contribution in [0.25, 0.3) is 0 Å². The van der Waals surface area contributed by atoms with Crippen LogP contribution in [0.2, 0.25) is 0 Å². The van der Waals surface area contributed by atoms with Crippen molar-refractivity contribution in [3.05, 3.63) is 71.3 Å². The maximum Gasteiger partial charge on any atom is 0.277 e. The van der Waals surface area contributed by atoms with Gasteiger partial charge in [-0.25, -0.2) is 9.97 Å². The number of carbonyl (C=O) groups excluding carboxylic acids is 2. The molecule has 138 valence electrons. The first-order chi connectivity index (χ1) is 13.2. The molecule has 0 radical (unpaired) electrons. The number of hydrogen-bond acceptors (Lipinski definition) is 6. The Bertz CT molecular complexity index is 883. The van der Waals surface area contributed by atoms with Gasteiger partial charge in [-0.2, -0.15) is 0 Å². The Balaban J connectivity index is 1.40. The zero-order valence-electron chi connectivity index (χ0n) is 14.6. The molecule has 8 heteroatoms. The standard InChI is InChI=1S/C19H19N5O2S/c25-17(22-8-4-7-14-5-2-1-3-6-14)11-15-13-27-19(23-15)24-18(26)16-12-20-9-10-21-16/h1-3,5-6,9-10,12-13H,4,7-8,11H2,(H,22,25)(H,23,24,26). The number of rotatable bonds is 8. The van der Waals surface area contributed by atoms with Gasteiger partial charge in [-0.05, 0) is 18.4 Å². The van der Waals surface area contributed by atoms with E-state index in [0.717, 1.165) is 12.8 Å². The second-order valence-electron chi connectivity index (χ2n) is 5.80. The van der Waals surface area contributed by atoms with E-state index in [1.165, 1.54) is 35.5 Å². The molecule has 3 rings (SSSR count). The van der Waals surface area contributed by atoms with Crippen molar-refractivity contribution in [1.29, 1.82) is 0 Å². The van der Waals surface area contributed by atoms with Crippen LogP contribution >= 0.6 is 11.3 Å². The Morgan fingerprint density at radius 1 is 1.11 bits per heavy atom. The number of carbonyl (C=O) groups is 2. The molecular formula is C19H19N5O2S. The summed E-state index contributed by atoms with van der Waals surface area (Å²) in [5.41, 5.74) is 2.09. The van der Waals surface area contributed by atoms with Crippen molar-refractivity contribution >= 4 is 28.3 Å². The summed E-state index contributed by atoms with van der Waals surface area (Å²) in [4.78, 5) is 36.1. The van der Waals surface area contributed by atoms with Crippen LogP contribution in [0.4, 0.5) is 5.13 Å². The topological polar surface area (TPSA) is 96.9 Å². The van der Waals surface area contributed by atoms with Crippen LogP contribution < -0.4 is 10.6 Å². The minimum atomic E-state index is -0.380. The monoisotopic (exact) mass is 381 g/mol. The van der Waals surface area contributed by atoms with Gasteiger partial charge < -0.3 is 5.32 Å². The zero-order chi connectivity index (χ0) is 18.9. The molecule has 3 aromatic rings. The summed E-state index contributed by atoms with van der Waals surface area (Å²) in [6.07, 6.45) is 6.32. The fourth-order valence-corrected chi connectivity index (χ4v) is 3.12. The number of nitrogens with zero attached hydrogens (tertiary/aromatic N) is 3. The van der Waals surface area contributed by atoms with Crippen molar-refractivity contribution < 1.29 is 9.59 Å². The third kappa shape index (κ3) is 5.96. The van der Waals surface area contributed by atoms with Crippen LogP contribution in [0.15, 0.2) is 54.3 Å². The average Bonchev–Trinajstić information content (AvgIpc) is 3.13. The molecule has 27 heavy (non-hydrogen) atoms. The number of benzene rings is 1. The van der Waals surface area contributed by atoms with E-state index in [-0.39, 0.29) is 23.9 Å². The second kappa shape index (κ2) is 9.54. The molecule has 2 heterocycles. The molecule has 0 saturated carbocycles. The van der Waals surface area contributed by atoms with Gasteiger partial charge in [0.2, 0.25) is 5.91 Å². The molecule has 2 N–H and O–H groups in total. The Kier molecular flexibility index (Phi) is 6.59. The van der Waals surface area contributed by atoms with E-state index in [2.05, 4.69) is 37.7 Å². The largest absolute Gasteiger partial charge is 0.356 e. The smallest absolute Gasteiger partial charge is 0.277 e. The van der Waals surface area contributed by atoms with Crippen molar-refractivity contribution in [3.8, 4) is 0 Å². The Labute approximate surface area is 160 Å². The maximum absolute atomic E-state index is 12.0. The number of aryl methyl sites for hydroxylation is 1. The molecule has 0 aliphatic rings. The molecule has 0 saturated heterocycles. The molecule has 2 amide bonds. The summed E-state index contributed by atoms with van der Waals surface area (Å²) in [7, 11) is 0. The van der Waals surface area contributed by atoms with Gasteiger partial charge in [-0.15, -0.1) is 11.3 Å². The molecule has 0 bridgehead atoms. The molecule has 0 spiro atoms. The first-order valence-corrected chi connectivity index (χ1v) is 9.41. The molecule has 0 unspecified atom stereocenters. The first kappa shape index (κ1) is 18.7. The number of amides is 2. The van der Waals surface area contributed by atoms with Gasteiger partial charge >= 0.3 is 0 Å². The predicted octanol–water partition coefficient (Wildman–Crippen LogP) is 2.48. The SMILES string of the molecule is O=C(Cc1csc(NC(=O)c2cnccn2)n1)NCCCc1ccccc1. The van der Waals surface area contributed by atoms with Gasteiger partial charge in [0, 0.05) is 24.3 Å². The third-order valence-corrected chi connectivity index (χ3v) is 4.52. The van der Waals surface area contributed by atoms with Crippen molar-refractivity contribution in [3.63, 3.8) is 0 Å². The number of aromatic nitrogens is 3. The molecule has 0 fully saturated rings. The van der Waals surface area contributed by atoms with Gasteiger partial charge in [0.25, 0.3) is 5.91 Å². The highest BCUT2D eigenvalue weighted by molar-refractivity contribution is 7.14. The molecule has 0 atom stereocenters. The average molecular weight is 381 g/mol. The van der Waals surface area contributed by atoms with Crippen molar-refractivity contribution in [1.82, 2.24) is 20.3 Å². The summed E-state index contributed by atoms with van der Waals surface area (Å²) in [5, 5.41) is 7.74. The number of thiazole rings is 1. The summed E-state index contributed by atoms with van der Waals surface area (Å²) in [6, 6.07) is 10.2. The van der Waals surface area contributed by atoms with Crippen LogP contribution in [-0.2, 0) is 17.6 Å². The Morgan fingerprint density at radius 2 is 1.96 bits per heavy atom. The van der Waals surface area contributed by atoms with Crippen LogP contribution in [0.5, 0.6) is 0 Å². The highest BCUT2D eigenvalue weighted by atomic mass is 32.1. The van der Waals surface area contributed by atoms with Crippen LogP contribution in [-0.4, -0.2) is 33.3 Å². The summed E-state index contributed by atoms with van der Waals surface area (Å²) in [5.74, 6) is -0.463. The number of anilines is 1. The lowest BCUT2D eigenvalue weighted by molar-refractivity contribution is -0.120. The van der Waals surface area contributed by atoms with Crippen molar-refractivity contribution in [2.75, 3.05) is 11.9 Å². The van der Waals surface area contributed by atoms with Gasteiger partial charge in [0.05, 0.1) is 18.3 Å². The highest BCUT2D eigenvalue weighted by Crippen LogP contribution is 2.16. The molecule has 0 aliphatic heterocycles. The number of nitrogens with one attached hydrogen (secondary N) is 2. The molecule has 7 nitrogen and oxygen atoms in total. The van der Waals surface area contributed by atoms with Crippen molar-refractivity contribution in [2.24, 2.45) is 0 Å².